The molecule has 0 bridgehead atoms. The Morgan fingerprint density at radius 3 is 2.50 bits per heavy atom. The van der Waals surface area contributed by atoms with Gasteiger partial charge < -0.3 is 10.6 Å². The zero-order valence-electron chi connectivity index (χ0n) is 11.9. The molecule has 0 aromatic heterocycles. The Kier molecular flexibility index (Phi) is 4.28. The second-order valence-electron chi connectivity index (χ2n) is 5.79. The molecule has 1 aromatic rings. The second-order valence-corrected chi connectivity index (χ2v) is 5.79. The largest absolute Gasteiger partial charge is 0.405 e. The molecule has 2 rings (SSSR count). The monoisotopic (exact) mass is 286 g/mol. The van der Waals surface area contributed by atoms with E-state index in [0.29, 0.717) is 12.1 Å². The van der Waals surface area contributed by atoms with Crippen molar-refractivity contribution in [3.63, 3.8) is 0 Å². The van der Waals surface area contributed by atoms with Gasteiger partial charge in [0.05, 0.1) is 0 Å². The molecule has 1 aliphatic rings. The summed E-state index contributed by atoms with van der Waals surface area (Å²) in [5.74, 6) is 0. The molecule has 112 valence electrons. The van der Waals surface area contributed by atoms with Crippen molar-refractivity contribution in [3.05, 3.63) is 29.3 Å². The number of nitrogens with zero attached hydrogens (tertiary/aromatic N) is 1. The SMILES string of the molecule is Cc1ccc(N(CC(F)(F)F)C2CC2)c(CC(C)N)c1. The van der Waals surface area contributed by atoms with Gasteiger partial charge >= 0.3 is 6.18 Å². The second kappa shape index (κ2) is 5.64. The first-order valence-corrected chi connectivity index (χ1v) is 6.95. The summed E-state index contributed by atoms with van der Waals surface area (Å²) < 4.78 is 38.4. The van der Waals surface area contributed by atoms with E-state index in [1.807, 2.05) is 26.0 Å². The molecule has 0 saturated heterocycles. The van der Waals surface area contributed by atoms with Crippen LogP contribution in [0.5, 0.6) is 0 Å². The van der Waals surface area contributed by atoms with Crippen LogP contribution >= 0.6 is 0 Å². The zero-order chi connectivity index (χ0) is 14.9. The third kappa shape index (κ3) is 4.13. The van der Waals surface area contributed by atoms with Crippen molar-refractivity contribution in [1.29, 1.82) is 0 Å². The van der Waals surface area contributed by atoms with Gasteiger partial charge in [-0.2, -0.15) is 13.2 Å². The minimum atomic E-state index is -4.18. The lowest BCUT2D eigenvalue weighted by atomic mass is 10.0. The lowest BCUT2D eigenvalue weighted by Gasteiger charge is -2.29. The highest BCUT2D eigenvalue weighted by Crippen LogP contribution is 2.36. The summed E-state index contributed by atoms with van der Waals surface area (Å²) >= 11 is 0. The Bertz CT molecular complexity index is 465. The minimum absolute atomic E-state index is 0.0196. The Labute approximate surface area is 117 Å². The third-order valence-electron chi connectivity index (χ3n) is 3.42. The van der Waals surface area contributed by atoms with Crippen molar-refractivity contribution in [2.75, 3.05) is 11.4 Å². The van der Waals surface area contributed by atoms with Crippen LogP contribution in [0.3, 0.4) is 0 Å². The van der Waals surface area contributed by atoms with Gasteiger partial charge in [-0.25, -0.2) is 0 Å². The van der Waals surface area contributed by atoms with Crippen molar-refractivity contribution in [3.8, 4) is 0 Å². The Morgan fingerprint density at radius 2 is 2.00 bits per heavy atom. The maximum atomic E-state index is 12.8. The van der Waals surface area contributed by atoms with E-state index in [1.165, 1.54) is 4.90 Å². The van der Waals surface area contributed by atoms with E-state index in [2.05, 4.69) is 0 Å². The number of halogens is 3. The highest BCUT2D eigenvalue weighted by Gasteiger charge is 2.38. The van der Waals surface area contributed by atoms with E-state index < -0.39 is 12.7 Å². The molecule has 2 nitrogen and oxygen atoms in total. The number of hydrogen-bond donors (Lipinski definition) is 1. The molecule has 0 spiro atoms. The predicted molar refractivity (Wildman–Crippen MR) is 75.0 cm³/mol. The first kappa shape index (κ1) is 15.2. The molecule has 2 N–H and O–H groups in total. The molecule has 1 saturated carbocycles. The average molecular weight is 286 g/mol. The maximum absolute atomic E-state index is 12.8. The molecule has 1 aliphatic carbocycles. The highest BCUT2D eigenvalue weighted by molar-refractivity contribution is 5.57. The van der Waals surface area contributed by atoms with Crippen LogP contribution in [0.15, 0.2) is 18.2 Å². The molecule has 20 heavy (non-hydrogen) atoms. The molecule has 1 fully saturated rings. The lowest BCUT2D eigenvalue weighted by Crippen LogP contribution is -2.37. The van der Waals surface area contributed by atoms with Crippen LogP contribution in [-0.2, 0) is 6.42 Å². The van der Waals surface area contributed by atoms with Crippen molar-refractivity contribution in [1.82, 2.24) is 0 Å². The summed E-state index contributed by atoms with van der Waals surface area (Å²) in [4.78, 5) is 1.50. The normalized spacial score (nSPS) is 17.1. The number of alkyl halides is 3. The van der Waals surface area contributed by atoms with Gasteiger partial charge in [0.25, 0.3) is 0 Å². The molecule has 1 unspecified atom stereocenters. The van der Waals surface area contributed by atoms with E-state index >= 15 is 0 Å². The molecule has 0 radical (unpaired) electrons. The van der Waals surface area contributed by atoms with Crippen LogP contribution in [0.4, 0.5) is 18.9 Å². The van der Waals surface area contributed by atoms with E-state index in [0.717, 1.165) is 24.0 Å². The zero-order valence-corrected chi connectivity index (χ0v) is 11.9. The summed E-state index contributed by atoms with van der Waals surface area (Å²) in [6, 6.07) is 5.57. The molecule has 0 heterocycles. The first-order valence-electron chi connectivity index (χ1n) is 6.95. The van der Waals surface area contributed by atoms with Crippen molar-refractivity contribution < 1.29 is 13.2 Å². The first-order chi connectivity index (χ1) is 9.26. The number of nitrogens with two attached hydrogens (primary N) is 1. The van der Waals surface area contributed by atoms with Crippen LogP contribution in [0.2, 0.25) is 0 Å². The Balaban J connectivity index is 2.32. The summed E-state index contributed by atoms with van der Waals surface area (Å²) in [5.41, 5.74) is 8.47. The maximum Gasteiger partial charge on any atom is 0.405 e. The van der Waals surface area contributed by atoms with E-state index in [1.54, 1.807) is 6.07 Å². The van der Waals surface area contributed by atoms with Gasteiger partial charge in [0.1, 0.15) is 6.54 Å². The number of rotatable bonds is 5. The fraction of sp³-hybridized carbons (Fsp3) is 0.600. The Hall–Kier alpha value is -1.23. The molecule has 5 heteroatoms. The fourth-order valence-corrected chi connectivity index (χ4v) is 2.50. The van der Waals surface area contributed by atoms with Gasteiger partial charge in [-0.05, 0) is 44.7 Å². The van der Waals surface area contributed by atoms with Crippen LogP contribution in [0.25, 0.3) is 0 Å². The summed E-state index contributed by atoms with van der Waals surface area (Å²) in [7, 11) is 0. The Morgan fingerprint density at radius 1 is 1.35 bits per heavy atom. The topological polar surface area (TPSA) is 29.3 Å². The van der Waals surface area contributed by atoms with Crippen LogP contribution in [0.1, 0.15) is 30.9 Å². The fourth-order valence-electron chi connectivity index (χ4n) is 2.50. The number of anilines is 1. The van der Waals surface area contributed by atoms with Crippen molar-refractivity contribution in [2.45, 2.75) is 51.4 Å². The van der Waals surface area contributed by atoms with Crippen LogP contribution in [0, 0.1) is 6.92 Å². The van der Waals surface area contributed by atoms with Gasteiger partial charge in [-0.1, -0.05) is 17.7 Å². The smallest absolute Gasteiger partial charge is 0.359 e. The number of hydrogen-bond acceptors (Lipinski definition) is 2. The molecule has 1 atom stereocenters. The van der Waals surface area contributed by atoms with E-state index in [-0.39, 0.29) is 12.1 Å². The quantitative estimate of drug-likeness (QED) is 0.898. The summed E-state index contributed by atoms with van der Waals surface area (Å²) in [6.07, 6.45) is -1.92. The average Bonchev–Trinajstić information content (AvgIpc) is 3.08. The van der Waals surface area contributed by atoms with Crippen molar-refractivity contribution in [2.24, 2.45) is 5.73 Å². The number of benzene rings is 1. The van der Waals surface area contributed by atoms with Gasteiger partial charge in [0, 0.05) is 17.8 Å². The molecular weight excluding hydrogens is 265 g/mol. The highest BCUT2D eigenvalue weighted by atomic mass is 19.4. The molecule has 1 aromatic carbocycles. The molecular formula is C15H21F3N2. The van der Waals surface area contributed by atoms with Crippen LogP contribution < -0.4 is 10.6 Å². The summed E-state index contributed by atoms with van der Waals surface area (Å²) in [6.45, 7) is 2.93. The van der Waals surface area contributed by atoms with Crippen molar-refractivity contribution >= 4 is 5.69 Å². The minimum Gasteiger partial charge on any atom is -0.359 e. The summed E-state index contributed by atoms with van der Waals surface area (Å²) in [5, 5.41) is 0. The van der Waals surface area contributed by atoms with E-state index in [4.69, 9.17) is 5.73 Å². The van der Waals surface area contributed by atoms with E-state index in [9.17, 15) is 13.2 Å². The van der Waals surface area contributed by atoms with Crippen LogP contribution in [-0.4, -0.2) is 24.8 Å². The lowest BCUT2D eigenvalue weighted by molar-refractivity contribution is -0.120. The van der Waals surface area contributed by atoms with Gasteiger partial charge in [0.15, 0.2) is 0 Å². The molecule has 0 amide bonds. The number of aryl methyl sites for hydroxylation is 1. The third-order valence-corrected chi connectivity index (χ3v) is 3.42. The standard InChI is InChI=1S/C15H21F3N2/c1-10-3-6-14(12(7-10)8-11(2)19)20(13-4-5-13)9-15(16,17)18/h3,6-7,11,13H,4-5,8-9,19H2,1-2H3. The predicted octanol–water partition coefficient (Wildman–Crippen LogP) is 3.42. The van der Waals surface area contributed by atoms with Gasteiger partial charge in [0.2, 0.25) is 0 Å². The molecule has 0 aliphatic heterocycles. The van der Waals surface area contributed by atoms with Gasteiger partial charge in [-0.3, -0.25) is 0 Å². The van der Waals surface area contributed by atoms with Gasteiger partial charge in [-0.15, -0.1) is 0 Å².